The molecule has 0 saturated carbocycles. The molecule has 3 aliphatic rings. The van der Waals surface area contributed by atoms with E-state index in [1.165, 1.54) is 21.7 Å². The molecule has 0 bridgehead atoms. The number of anilines is 1. The fourth-order valence-corrected chi connectivity index (χ4v) is 4.91. The Labute approximate surface area is 190 Å². The van der Waals surface area contributed by atoms with Gasteiger partial charge in [0.25, 0.3) is 5.56 Å². The molecule has 174 valence electrons. The maximum absolute atomic E-state index is 12.5. The van der Waals surface area contributed by atoms with E-state index in [2.05, 4.69) is 10.00 Å². The van der Waals surface area contributed by atoms with Crippen LogP contribution in [0, 0.1) is 6.92 Å². The molecule has 0 aliphatic carbocycles. The standard InChI is InChI=1S/C23H26N4O6/c1-14-15(3-4-16-17(14)12-32-21(16)30)18(28)11-26-9-7-23(8-10-26)13-27(22(31)33-23)19-5-6-20(29)25(2)24-19/h3-6,18,28H,7-13H2,1-2H3. The summed E-state index contributed by atoms with van der Waals surface area (Å²) in [6, 6.07) is 6.44. The molecule has 10 heteroatoms. The molecular weight excluding hydrogens is 428 g/mol. The summed E-state index contributed by atoms with van der Waals surface area (Å²) in [4.78, 5) is 39.5. The lowest BCUT2D eigenvalue weighted by molar-refractivity contribution is -0.00987. The summed E-state index contributed by atoms with van der Waals surface area (Å²) < 4.78 is 12.1. The normalized spacial score (nSPS) is 20.6. The van der Waals surface area contributed by atoms with E-state index in [1.54, 1.807) is 19.2 Å². The predicted octanol–water partition coefficient (Wildman–Crippen LogP) is 1.28. The lowest BCUT2D eigenvalue weighted by atomic mass is 9.90. The van der Waals surface area contributed by atoms with Crippen LogP contribution in [0.1, 0.15) is 46.0 Å². The largest absolute Gasteiger partial charge is 0.457 e. The highest BCUT2D eigenvalue weighted by atomic mass is 16.6. The second-order valence-corrected chi connectivity index (χ2v) is 8.99. The highest BCUT2D eigenvalue weighted by Gasteiger charge is 2.48. The van der Waals surface area contributed by atoms with E-state index < -0.39 is 17.8 Å². The van der Waals surface area contributed by atoms with Gasteiger partial charge in [0.05, 0.1) is 18.2 Å². The SMILES string of the molecule is Cc1c(C(O)CN2CCC3(CC2)CN(c2ccc(=O)n(C)n2)C(=O)O3)ccc2c1COC2=O. The van der Waals surface area contributed by atoms with Gasteiger partial charge in [-0.1, -0.05) is 6.07 Å². The number of carbonyl (C=O) groups is 2. The number of hydrogen-bond donors (Lipinski definition) is 1. The predicted molar refractivity (Wildman–Crippen MR) is 117 cm³/mol. The number of hydrogen-bond acceptors (Lipinski definition) is 8. The number of carbonyl (C=O) groups excluding carboxylic acids is 2. The minimum atomic E-state index is -0.697. The number of aryl methyl sites for hydroxylation is 1. The zero-order valence-corrected chi connectivity index (χ0v) is 18.6. The molecule has 2 aromatic rings. The van der Waals surface area contributed by atoms with Crippen LogP contribution in [0.4, 0.5) is 10.6 Å². The van der Waals surface area contributed by atoms with Gasteiger partial charge in [-0.15, -0.1) is 0 Å². The third-order valence-corrected chi connectivity index (χ3v) is 6.96. The van der Waals surface area contributed by atoms with Gasteiger partial charge < -0.3 is 19.5 Å². The Kier molecular flexibility index (Phi) is 5.21. The maximum Gasteiger partial charge on any atom is 0.416 e. The molecule has 1 aromatic carbocycles. The summed E-state index contributed by atoms with van der Waals surface area (Å²) in [5.41, 5.74) is 2.26. The van der Waals surface area contributed by atoms with Crippen LogP contribution in [-0.2, 0) is 23.1 Å². The minimum Gasteiger partial charge on any atom is -0.457 e. The maximum atomic E-state index is 12.5. The molecule has 1 unspecified atom stereocenters. The number of esters is 1. The fraction of sp³-hybridized carbons (Fsp3) is 0.478. The van der Waals surface area contributed by atoms with E-state index in [4.69, 9.17) is 9.47 Å². The molecule has 10 nitrogen and oxygen atoms in total. The number of ether oxygens (including phenoxy) is 2. The zero-order chi connectivity index (χ0) is 23.3. The van der Waals surface area contributed by atoms with E-state index in [-0.39, 0.29) is 18.1 Å². The number of nitrogens with zero attached hydrogens (tertiary/aromatic N) is 4. The van der Waals surface area contributed by atoms with Gasteiger partial charge in [-0.3, -0.25) is 9.69 Å². The number of aliphatic hydroxyl groups excluding tert-OH is 1. The van der Waals surface area contributed by atoms with Crippen LogP contribution in [-0.4, -0.2) is 63.6 Å². The summed E-state index contributed by atoms with van der Waals surface area (Å²) >= 11 is 0. The quantitative estimate of drug-likeness (QED) is 0.688. The highest BCUT2D eigenvalue weighted by Crippen LogP contribution is 2.36. The summed E-state index contributed by atoms with van der Waals surface area (Å²) in [6.07, 6.45) is 0.121. The monoisotopic (exact) mass is 454 g/mol. The first-order valence-electron chi connectivity index (χ1n) is 11.0. The molecule has 1 N–H and O–H groups in total. The molecule has 4 heterocycles. The number of aliphatic hydroxyl groups is 1. The molecule has 3 aliphatic heterocycles. The zero-order valence-electron chi connectivity index (χ0n) is 18.6. The Morgan fingerprint density at radius 2 is 1.91 bits per heavy atom. The van der Waals surface area contributed by atoms with Crippen molar-refractivity contribution in [3.63, 3.8) is 0 Å². The summed E-state index contributed by atoms with van der Waals surface area (Å²) in [6.45, 7) is 4.33. The summed E-state index contributed by atoms with van der Waals surface area (Å²) in [5, 5.41) is 15.1. The van der Waals surface area contributed by atoms with Crippen molar-refractivity contribution in [3.8, 4) is 0 Å². The van der Waals surface area contributed by atoms with E-state index in [0.29, 0.717) is 50.4 Å². The average molecular weight is 454 g/mol. The molecule has 5 rings (SSSR count). The Hall–Kier alpha value is -3.24. The molecule has 1 atom stereocenters. The number of aromatic nitrogens is 2. The first kappa shape index (κ1) is 21.6. The van der Waals surface area contributed by atoms with Crippen LogP contribution in [0.15, 0.2) is 29.1 Å². The van der Waals surface area contributed by atoms with Gasteiger partial charge in [-0.2, -0.15) is 5.10 Å². The van der Waals surface area contributed by atoms with Crippen LogP contribution < -0.4 is 10.5 Å². The lowest BCUT2D eigenvalue weighted by Gasteiger charge is -2.38. The number of likely N-dealkylation sites (tertiary alicyclic amines) is 1. The second-order valence-electron chi connectivity index (χ2n) is 8.99. The van der Waals surface area contributed by atoms with Crippen molar-refractivity contribution in [1.82, 2.24) is 14.7 Å². The molecule has 33 heavy (non-hydrogen) atoms. The minimum absolute atomic E-state index is 0.245. The molecule has 1 spiro atoms. The van der Waals surface area contributed by atoms with Crippen molar-refractivity contribution < 1.29 is 24.2 Å². The number of β-amino-alcohol motifs (C(OH)–C–C–N with tert-alkyl or cyclic N) is 1. The number of cyclic esters (lactones) is 1. The van der Waals surface area contributed by atoms with Gasteiger partial charge in [0.1, 0.15) is 12.2 Å². The van der Waals surface area contributed by atoms with E-state index in [0.717, 1.165) is 16.7 Å². The van der Waals surface area contributed by atoms with Gasteiger partial charge in [0, 0.05) is 51.2 Å². The smallest absolute Gasteiger partial charge is 0.416 e. The first-order valence-corrected chi connectivity index (χ1v) is 11.0. The van der Waals surface area contributed by atoms with E-state index >= 15 is 0 Å². The number of amides is 1. The van der Waals surface area contributed by atoms with E-state index in [9.17, 15) is 19.5 Å². The van der Waals surface area contributed by atoms with E-state index in [1.807, 2.05) is 6.92 Å². The van der Waals surface area contributed by atoms with Crippen molar-refractivity contribution >= 4 is 17.9 Å². The summed E-state index contributed by atoms with van der Waals surface area (Å²) in [5.74, 6) is 0.0786. The number of rotatable bonds is 4. The lowest BCUT2D eigenvalue weighted by Crippen LogP contribution is -2.48. The van der Waals surface area contributed by atoms with Crippen molar-refractivity contribution in [2.75, 3.05) is 31.1 Å². The van der Waals surface area contributed by atoms with Crippen LogP contribution in [0.2, 0.25) is 0 Å². The molecule has 0 radical (unpaired) electrons. The van der Waals surface area contributed by atoms with Gasteiger partial charge >= 0.3 is 12.1 Å². The molecular formula is C23H26N4O6. The van der Waals surface area contributed by atoms with Crippen LogP contribution >= 0.6 is 0 Å². The van der Waals surface area contributed by atoms with Gasteiger partial charge in [0.15, 0.2) is 5.82 Å². The third-order valence-electron chi connectivity index (χ3n) is 6.96. The van der Waals surface area contributed by atoms with Crippen molar-refractivity contribution in [2.45, 2.75) is 38.1 Å². The Morgan fingerprint density at radius 3 is 2.64 bits per heavy atom. The van der Waals surface area contributed by atoms with Gasteiger partial charge in [-0.25, -0.2) is 14.3 Å². The molecule has 2 saturated heterocycles. The number of benzene rings is 1. The fourth-order valence-electron chi connectivity index (χ4n) is 4.91. The topological polar surface area (TPSA) is 114 Å². The van der Waals surface area contributed by atoms with Crippen LogP contribution in [0.3, 0.4) is 0 Å². The van der Waals surface area contributed by atoms with Crippen molar-refractivity contribution in [1.29, 1.82) is 0 Å². The first-order chi connectivity index (χ1) is 15.8. The van der Waals surface area contributed by atoms with Gasteiger partial charge in [-0.05, 0) is 30.2 Å². The molecule has 1 aromatic heterocycles. The van der Waals surface area contributed by atoms with Crippen molar-refractivity contribution in [2.24, 2.45) is 7.05 Å². The van der Waals surface area contributed by atoms with Crippen LogP contribution in [0.25, 0.3) is 0 Å². The Balaban J connectivity index is 1.23. The number of piperidine rings is 1. The molecule has 1 amide bonds. The molecule has 2 fully saturated rings. The summed E-state index contributed by atoms with van der Waals surface area (Å²) in [7, 11) is 1.54. The van der Waals surface area contributed by atoms with Crippen molar-refractivity contribution in [3.05, 3.63) is 56.9 Å². The average Bonchev–Trinajstić information content (AvgIpc) is 3.32. The second kappa shape index (κ2) is 7.96. The number of fused-ring (bicyclic) bond motifs is 1. The Morgan fingerprint density at radius 1 is 1.15 bits per heavy atom. The highest BCUT2D eigenvalue weighted by molar-refractivity contribution is 5.94. The van der Waals surface area contributed by atoms with Crippen LogP contribution in [0.5, 0.6) is 0 Å². The Bertz CT molecular complexity index is 1180. The third kappa shape index (κ3) is 3.79. The van der Waals surface area contributed by atoms with Gasteiger partial charge in [0.2, 0.25) is 0 Å².